The highest BCUT2D eigenvalue weighted by atomic mass is 19.1. The van der Waals surface area contributed by atoms with Gasteiger partial charge in [-0.2, -0.15) is 0 Å². The summed E-state index contributed by atoms with van der Waals surface area (Å²) in [6, 6.07) is 17.4. The highest BCUT2D eigenvalue weighted by molar-refractivity contribution is 6.02. The number of nitrogens with zero attached hydrogens (tertiary/aromatic N) is 1. The van der Waals surface area contributed by atoms with Crippen LogP contribution in [0.2, 0.25) is 0 Å². The standard InChI is InChI=1S/C19H16FNO3/c20-15-6-8-16(9-7-15)23-11-12-24-19-10-5-14-3-1-2-4-17(14)18(19)13-21-22/h1-10,13,22H,11-12H2. The lowest BCUT2D eigenvalue weighted by atomic mass is 10.0. The lowest BCUT2D eigenvalue weighted by molar-refractivity contribution is 0.217. The molecule has 0 spiro atoms. The minimum atomic E-state index is -0.303. The Bertz CT molecular complexity index is 847. The summed E-state index contributed by atoms with van der Waals surface area (Å²) < 4.78 is 24.1. The number of hydrogen-bond acceptors (Lipinski definition) is 4. The monoisotopic (exact) mass is 325 g/mol. The van der Waals surface area contributed by atoms with Crippen molar-refractivity contribution >= 4 is 17.0 Å². The van der Waals surface area contributed by atoms with Gasteiger partial charge in [0.1, 0.15) is 30.5 Å². The molecule has 0 aromatic heterocycles. The fraction of sp³-hybridized carbons (Fsp3) is 0.105. The molecule has 0 fully saturated rings. The fourth-order valence-electron chi connectivity index (χ4n) is 2.43. The predicted octanol–water partition coefficient (Wildman–Crippen LogP) is 4.24. The van der Waals surface area contributed by atoms with E-state index in [1.165, 1.54) is 18.3 Å². The minimum Gasteiger partial charge on any atom is -0.490 e. The van der Waals surface area contributed by atoms with Gasteiger partial charge >= 0.3 is 0 Å². The van der Waals surface area contributed by atoms with Crippen molar-refractivity contribution in [3.05, 3.63) is 72.0 Å². The zero-order chi connectivity index (χ0) is 16.8. The van der Waals surface area contributed by atoms with Crippen LogP contribution in [-0.2, 0) is 0 Å². The highest BCUT2D eigenvalue weighted by Gasteiger charge is 2.07. The van der Waals surface area contributed by atoms with Crippen LogP contribution in [0, 0.1) is 5.82 Å². The van der Waals surface area contributed by atoms with E-state index in [4.69, 9.17) is 14.7 Å². The predicted molar refractivity (Wildman–Crippen MR) is 90.7 cm³/mol. The van der Waals surface area contributed by atoms with Gasteiger partial charge in [0.05, 0.1) is 6.21 Å². The van der Waals surface area contributed by atoms with Gasteiger partial charge in [0.25, 0.3) is 0 Å². The largest absolute Gasteiger partial charge is 0.490 e. The Balaban J connectivity index is 1.68. The average molecular weight is 325 g/mol. The van der Waals surface area contributed by atoms with Crippen LogP contribution in [0.15, 0.2) is 65.8 Å². The zero-order valence-electron chi connectivity index (χ0n) is 12.9. The Morgan fingerprint density at radius 1 is 0.917 bits per heavy atom. The van der Waals surface area contributed by atoms with E-state index in [9.17, 15) is 4.39 Å². The highest BCUT2D eigenvalue weighted by Crippen LogP contribution is 2.26. The molecule has 5 heteroatoms. The molecule has 3 aromatic carbocycles. The number of halogens is 1. The molecule has 4 nitrogen and oxygen atoms in total. The van der Waals surface area contributed by atoms with Crippen molar-refractivity contribution in [3.63, 3.8) is 0 Å². The molecule has 24 heavy (non-hydrogen) atoms. The number of ether oxygens (including phenoxy) is 2. The quantitative estimate of drug-likeness (QED) is 0.319. The van der Waals surface area contributed by atoms with E-state index in [0.29, 0.717) is 30.3 Å². The third kappa shape index (κ3) is 3.63. The van der Waals surface area contributed by atoms with Gasteiger partial charge in [-0.05, 0) is 41.1 Å². The first-order valence-electron chi connectivity index (χ1n) is 7.48. The molecule has 0 aliphatic carbocycles. The number of fused-ring (bicyclic) bond motifs is 1. The summed E-state index contributed by atoms with van der Waals surface area (Å²) in [7, 11) is 0. The van der Waals surface area contributed by atoms with Gasteiger partial charge < -0.3 is 14.7 Å². The second-order valence-corrected chi connectivity index (χ2v) is 5.09. The maximum Gasteiger partial charge on any atom is 0.129 e. The van der Waals surface area contributed by atoms with Crippen molar-refractivity contribution in [3.8, 4) is 11.5 Å². The van der Waals surface area contributed by atoms with Crippen LogP contribution < -0.4 is 9.47 Å². The molecule has 0 amide bonds. The lowest BCUT2D eigenvalue weighted by Gasteiger charge is -2.12. The third-order valence-electron chi connectivity index (χ3n) is 3.54. The third-order valence-corrected chi connectivity index (χ3v) is 3.54. The van der Waals surface area contributed by atoms with Gasteiger partial charge in [0.15, 0.2) is 0 Å². The second-order valence-electron chi connectivity index (χ2n) is 5.09. The minimum absolute atomic E-state index is 0.303. The van der Waals surface area contributed by atoms with E-state index in [1.807, 2.05) is 36.4 Å². The Morgan fingerprint density at radius 2 is 1.67 bits per heavy atom. The van der Waals surface area contributed by atoms with Crippen LogP contribution in [0.5, 0.6) is 11.5 Å². The second kappa shape index (κ2) is 7.46. The molecule has 0 heterocycles. The van der Waals surface area contributed by atoms with E-state index in [2.05, 4.69) is 5.16 Å². The smallest absolute Gasteiger partial charge is 0.129 e. The molecule has 0 aliphatic rings. The van der Waals surface area contributed by atoms with Crippen LogP contribution in [-0.4, -0.2) is 24.6 Å². The summed E-state index contributed by atoms with van der Waals surface area (Å²) in [6.45, 7) is 0.621. The Kier molecular flexibility index (Phi) is 4.91. The molecule has 0 bridgehead atoms. The number of rotatable bonds is 6. The van der Waals surface area contributed by atoms with Crippen LogP contribution in [0.3, 0.4) is 0 Å². The van der Waals surface area contributed by atoms with Gasteiger partial charge in [-0.3, -0.25) is 0 Å². The summed E-state index contributed by atoms with van der Waals surface area (Å²) in [5.41, 5.74) is 0.706. The van der Waals surface area contributed by atoms with Crippen molar-refractivity contribution in [2.45, 2.75) is 0 Å². The van der Waals surface area contributed by atoms with Crippen LogP contribution in [0.25, 0.3) is 10.8 Å². The lowest BCUT2D eigenvalue weighted by Crippen LogP contribution is -2.10. The van der Waals surface area contributed by atoms with Gasteiger partial charge in [0.2, 0.25) is 0 Å². The SMILES string of the molecule is ON=Cc1c(OCCOc2ccc(F)cc2)ccc2ccccc12. The summed E-state index contributed by atoms with van der Waals surface area (Å²) in [4.78, 5) is 0. The van der Waals surface area contributed by atoms with E-state index in [1.54, 1.807) is 12.1 Å². The zero-order valence-corrected chi connectivity index (χ0v) is 12.9. The molecule has 3 aromatic rings. The Morgan fingerprint density at radius 3 is 2.46 bits per heavy atom. The van der Waals surface area contributed by atoms with E-state index in [0.717, 1.165) is 10.8 Å². The van der Waals surface area contributed by atoms with Crippen molar-refractivity contribution in [2.75, 3.05) is 13.2 Å². The molecule has 0 unspecified atom stereocenters. The Labute approximate surface area is 138 Å². The van der Waals surface area contributed by atoms with Crippen LogP contribution >= 0.6 is 0 Å². The number of oxime groups is 1. The molecular formula is C19H16FNO3. The molecule has 1 N–H and O–H groups in total. The number of benzene rings is 3. The summed E-state index contributed by atoms with van der Waals surface area (Å²) in [6.07, 6.45) is 1.36. The fourth-order valence-corrected chi connectivity index (χ4v) is 2.43. The molecule has 0 saturated heterocycles. The van der Waals surface area contributed by atoms with Crippen molar-refractivity contribution in [1.29, 1.82) is 0 Å². The summed E-state index contributed by atoms with van der Waals surface area (Å²) >= 11 is 0. The van der Waals surface area contributed by atoms with Gasteiger partial charge in [-0.15, -0.1) is 0 Å². The van der Waals surface area contributed by atoms with Crippen molar-refractivity contribution in [2.24, 2.45) is 5.16 Å². The molecular weight excluding hydrogens is 309 g/mol. The topological polar surface area (TPSA) is 51.1 Å². The molecule has 0 atom stereocenters. The van der Waals surface area contributed by atoms with Crippen LogP contribution in [0.1, 0.15) is 5.56 Å². The number of hydrogen-bond donors (Lipinski definition) is 1. The maximum atomic E-state index is 12.8. The molecule has 3 rings (SSSR count). The van der Waals surface area contributed by atoms with Gasteiger partial charge in [-0.25, -0.2) is 4.39 Å². The van der Waals surface area contributed by atoms with Crippen molar-refractivity contribution < 1.29 is 19.1 Å². The first-order valence-corrected chi connectivity index (χ1v) is 7.48. The van der Waals surface area contributed by atoms with Crippen molar-refractivity contribution in [1.82, 2.24) is 0 Å². The van der Waals surface area contributed by atoms with E-state index >= 15 is 0 Å². The summed E-state index contributed by atoms with van der Waals surface area (Å²) in [5, 5.41) is 14.0. The Hall–Kier alpha value is -3.08. The normalized spacial score (nSPS) is 11.0. The summed E-state index contributed by atoms with van der Waals surface area (Å²) in [5.74, 6) is 0.882. The van der Waals surface area contributed by atoms with E-state index in [-0.39, 0.29) is 5.82 Å². The molecule has 0 saturated carbocycles. The first kappa shape index (κ1) is 15.8. The molecule has 0 radical (unpaired) electrons. The molecule has 122 valence electrons. The van der Waals surface area contributed by atoms with E-state index < -0.39 is 0 Å². The average Bonchev–Trinajstić information content (AvgIpc) is 2.62. The van der Waals surface area contributed by atoms with Crippen LogP contribution in [0.4, 0.5) is 4.39 Å². The van der Waals surface area contributed by atoms with Gasteiger partial charge in [0, 0.05) is 5.56 Å². The van der Waals surface area contributed by atoms with Gasteiger partial charge in [-0.1, -0.05) is 35.5 Å². The first-order chi connectivity index (χ1) is 11.8. The maximum absolute atomic E-state index is 12.8. The molecule has 0 aliphatic heterocycles.